The molecule has 0 saturated carbocycles. The van der Waals surface area contributed by atoms with Gasteiger partial charge in [-0.2, -0.15) is 0 Å². The van der Waals surface area contributed by atoms with Crippen LogP contribution in [0.3, 0.4) is 0 Å². The van der Waals surface area contributed by atoms with Crippen molar-refractivity contribution in [3.63, 3.8) is 0 Å². The van der Waals surface area contributed by atoms with Crippen LogP contribution < -0.4 is 10.1 Å². The quantitative estimate of drug-likeness (QED) is 0.506. The van der Waals surface area contributed by atoms with Crippen molar-refractivity contribution in [3.8, 4) is 5.75 Å². The molecule has 0 aliphatic heterocycles. The van der Waals surface area contributed by atoms with Crippen molar-refractivity contribution < 1.29 is 13.9 Å². The van der Waals surface area contributed by atoms with Crippen molar-refractivity contribution in [1.82, 2.24) is 14.9 Å². The lowest BCUT2D eigenvalue weighted by molar-refractivity contribution is -0.117. The predicted octanol–water partition coefficient (Wildman–Crippen LogP) is 4.09. The van der Waals surface area contributed by atoms with E-state index >= 15 is 0 Å². The molecule has 0 aliphatic carbocycles. The number of aryl methyl sites for hydroxylation is 1. The molecular weight excluding hydrogens is 366 g/mol. The number of nitrogens with one attached hydrogen (secondary N) is 1. The average molecular weight is 387 g/mol. The Kier molecular flexibility index (Phi) is 5.16. The average Bonchev–Trinajstić information content (AvgIpc) is 3.36. The van der Waals surface area contributed by atoms with Gasteiger partial charge in [-0.3, -0.25) is 4.79 Å². The Labute approximate surface area is 168 Å². The zero-order valence-electron chi connectivity index (χ0n) is 16.2. The predicted molar refractivity (Wildman–Crippen MR) is 111 cm³/mol. The number of rotatable bonds is 6. The van der Waals surface area contributed by atoms with Gasteiger partial charge in [-0.25, -0.2) is 4.98 Å². The molecule has 0 radical (unpaired) electrons. The van der Waals surface area contributed by atoms with Crippen LogP contribution in [-0.4, -0.2) is 22.6 Å². The molecule has 2 aromatic heterocycles. The lowest BCUT2D eigenvalue weighted by atomic mass is 10.1. The van der Waals surface area contributed by atoms with Crippen LogP contribution in [0.1, 0.15) is 23.2 Å². The minimum Gasteiger partial charge on any atom is -0.497 e. The number of nitrogens with zero attached hydrogens (tertiary/aromatic N) is 2. The first-order valence-electron chi connectivity index (χ1n) is 9.22. The maximum absolute atomic E-state index is 12.6. The highest BCUT2D eigenvalue weighted by atomic mass is 16.5. The fraction of sp³-hybridized carbons (Fsp3) is 0.130. The van der Waals surface area contributed by atoms with Crippen LogP contribution in [0.4, 0.5) is 0 Å². The van der Waals surface area contributed by atoms with E-state index in [0.717, 1.165) is 28.1 Å². The van der Waals surface area contributed by atoms with Crippen molar-refractivity contribution in [2.75, 3.05) is 7.11 Å². The van der Waals surface area contributed by atoms with Crippen LogP contribution in [0.2, 0.25) is 0 Å². The Morgan fingerprint density at radius 2 is 2.00 bits per heavy atom. The Balaban J connectivity index is 1.56. The van der Waals surface area contributed by atoms with E-state index in [1.165, 1.54) is 6.08 Å². The molecule has 6 heteroatoms. The highest BCUT2D eigenvalue weighted by Crippen LogP contribution is 2.23. The van der Waals surface area contributed by atoms with E-state index in [9.17, 15) is 4.79 Å². The monoisotopic (exact) mass is 387 g/mol. The van der Waals surface area contributed by atoms with Gasteiger partial charge in [0.2, 0.25) is 5.91 Å². The lowest BCUT2D eigenvalue weighted by Crippen LogP contribution is -2.29. The molecule has 146 valence electrons. The zero-order valence-corrected chi connectivity index (χ0v) is 16.2. The van der Waals surface area contributed by atoms with E-state index in [1.54, 1.807) is 19.4 Å². The topological polar surface area (TPSA) is 69.3 Å². The number of imidazole rings is 1. The first-order valence-corrected chi connectivity index (χ1v) is 9.22. The van der Waals surface area contributed by atoms with Gasteiger partial charge < -0.3 is 19.0 Å². The van der Waals surface area contributed by atoms with Gasteiger partial charge in [-0.15, -0.1) is 0 Å². The second-order valence-electron chi connectivity index (χ2n) is 6.63. The number of para-hydroxylation sites is 1. The van der Waals surface area contributed by atoms with Crippen LogP contribution >= 0.6 is 0 Å². The van der Waals surface area contributed by atoms with E-state index in [4.69, 9.17) is 9.15 Å². The molecule has 1 unspecified atom stereocenters. The van der Waals surface area contributed by atoms with Gasteiger partial charge in [0.25, 0.3) is 0 Å². The highest BCUT2D eigenvalue weighted by Gasteiger charge is 2.20. The number of hydrogen-bond donors (Lipinski definition) is 1. The van der Waals surface area contributed by atoms with Gasteiger partial charge in [0.15, 0.2) is 0 Å². The van der Waals surface area contributed by atoms with E-state index < -0.39 is 6.04 Å². The number of furan rings is 1. The molecule has 1 amide bonds. The van der Waals surface area contributed by atoms with Crippen molar-refractivity contribution in [2.45, 2.75) is 6.04 Å². The first kappa shape index (κ1) is 18.6. The number of carbonyl (C=O) groups excluding carboxylic acids is 1. The van der Waals surface area contributed by atoms with Gasteiger partial charge in [-0.1, -0.05) is 30.3 Å². The first-order chi connectivity index (χ1) is 14.1. The summed E-state index contributed by atoms with van der Waals surface area (Å²) in [6, 6.07) is 16.8. The molecule has 29 heavy (non-hydrogen) atoms. The van der Waals surface area contributed by atoms with Crippen molar-refractivity contribution in [1.29, 1.82) is 0 Å². The number of carbonyl (C=O) groups is 1. The fourth-order valence-corrected chi connectivity index (χ4v) is 3.18. The molecule has 2 heterocycles. The number of amides is 1. The van der Waals surface area contributed by atoms with E-state index in [0.29, 0.717) is 5.76 Å². The van der Waals surface area contributed by atoms with Crippen LogP contribution in [0, 0.1) is 0 Å². The molecule has 6 nitrogen and oxygen atoms in total. The lowest BCUT2D eigenvalue weighted by Gasteiger charge is -2.18. The Morgan fingerprint density at radius 1 is 1.21 bits per heavy atom. The molecular formula is C23H21N3O3. The van der Waals surface area contributed by atoms with Crippen LogP contribution in [-0.2, 0) is 11.8 Å². The maximum Gasteiger partial charge on any atom is 0.244 e. The summed E-state index contributed by atoms with van der Waals surface area (Å²) in [5.41, 5.74) is 1.70. The van der Waals surface area contributed by atoms with Gasteiger partial charge in [0, 0.05) is 30.9 Å². The number of ether oxygens (including phenoxy) is 1. The molecule has 4 rings (SSSR count). The number of fused-ring (bicyclic) bond motifs is 1. The Bertz CT molecular complexity index is 1120. The number of hydrogen-bond acceptors (Lipinski definition) is 4. The molecule has 4 aromatic rings. The smallest absolute Gasteiger partial charge is 0.244 e. The molecule has 1 N–H and O–H groups in total. The molecule has 0 spiro atoms. The number of aromatic nitrogens is 2. The molecule has 1 atom stereocenters. The van der Waals surface area contributed by atoms with Crippen molar-refractivity contribution >= 4 is 23.0 Å². The second-order valence-corrected chi connectivity index (χ2v) is 6.63. The Morgan fingerprint density at radius 3 is 2.69 bits per heavy atom. The van der Waals surface area contributed by atoms with Crippen molar-refractivity contribution in [3.05, 3.63) is 90.2 Å². The molecule has 0 bridgehead atoms. The van der Waals surface area contributed by atoms with E-state index in [2.05, 4.69) is 10.3 Å². The van der Waals surface area contributed by atoms with Crippen LogP contribution in [0.25, 0.3) is 17.0 Å². The summed E-state index contributed by atoms with van der Waals surface area (Å²) in [6.07, 6.45) is 6.69. The summed E-state index contributed by atoms with van der Waals surface area (Å²) in [4.78, 5) is 17.1. The minimum absolute atomic E-state index is 0.241. The summed E-state index contributed by atoms with van der Waals surface area (Å²) < 4.78 is 12.8. The summed E-state index contributed by atoms with van der Waals surface area (Å²) in [5.74, 6) is 1.87. The summed E-state index contributed by atoms with van der Waals surface area (Å²) >= 11 is 0. The molecule has 0 saturated heterocycles. The molecule has 0 aliphatic rings. The van der Waals surface area contributed by atoms with Crippen LogP contribution in [0.5, 0.6) is 5.75 Å². The minimum atomic E-state index is -0.395. The standard InChI is InChI=1S/C23H21N3O3/c1-26-14-13-24-23(26)22(16-7-9-18(28-2)10-8-16)25-21(27)12-11-19-15-17-5-3-4-6-20(17)29-19/h3-15,22H,1-2H3,(H,25,27)/b12-11+. The largest absolute Gasteiger partial charge is 0.497 e. The summed E-state index contributed by atoms with van der Waals surface area (Å²) in [5, 5.41) is 4.02. The number of methoxy groups -OCH3 is 1. The van der Waals surface area contributed by atoms with Gasteiger partial charge in [-0.05, 0) is 35.9 Å². The number of benzene rings is 2. The normalized spacial score (nSPS) is 12.3. The molecule has 2 aromatic carbocycles. The third-order valence-electron chi connectivity index (χ3n) is 4.70. The van der Waals surface area contributed by atoms with E-state index in [1.807, 2.05) is 72.4 Å². The second kappa shape index (κ2) is 8.06. The van der Waals surface area contributed by atoms with Crippen molar-refractivity contribution in [2.24, 2.45) is 7.05 Å². The maximum atomic E-state index is 12.6. The molecule has 0 fully saturated rings. The SMILES string of the molecule is COc1ccc(C(NC(=O)/C=C/c2cc3ccccc3o2)c2nccn2C)cc1. The zero-order chi connectivity index (χ0) is 20.2. The summed E-state index contributed by atoms with van der Waals surface area (Å²) in [7, 11) is 3.52. The van der Waals surface area contributed by atoms with Gasteiger partial charge in [0.05, 0.1) is 7.11 Å². The highest BCUT2D eigenvalue weighted by molar-refractivity contribution is 5.92. The van der Waals surface area contributed by atoms with Crippen LogP contribution in [0.15, 0.2) is 77.5 Å². The summed E-state index contributed by atoms with van der Waals surface area (Å²) in [6.45, 7) is 0. The third kappa shape index (κ3) is 4.06. The third-order valence-corrected chi connectivity index (χ3v) is 4.70. The fourth-order valence-electron chi connectivity index (χ4n) is 3.18. The van der Waals surface area contributed by atoms with Gasteiger partial charge >= 0.3 is 0 Å². The Hall–Kier alpha value is -3.80. The van der Waals surface area contributed by atoms with E-state index in [-0.39, 0.29) is 5.91 Å². The van der Waals surface area contributed by atoms with Gasteiger partial charge in [0.1, 0.15) is 29.0 Å².